The molecule has 0 atom stereocenters. The van der Waals surface area contributed by atoms with Gasteiger partial charge in [0.05, 0.1) is 22.8 Å². The molecule has 0 spiro atoms. The lowest BCUT2D eigenvalue weighted by Crippen LogP contribution is -2.61. The Balaban J connectivity index is 2.30. The summed E-state index contributed by atoms with van der Waals surface area (Å²) in [5.41, 5.74) is -0.301. The molecule has 1 amide bonds. The zero-order valence-corrected chi connectivity index (χ0v) is 9.97. The standard InChI is InChI=1S/C13H14N2O3/c1-12(18)7-13(8-12,15-11(16)17)10-4-2-9(6-14)3-5-10/h2-5,15,18H,7-8H2,1H3,(H,16,17). The summed E-state index contributed by atoms with van der Waals surface area (Å²) in [7, 11) is 0. The van der Waals surface area contributed by atoms with Crippen LogP contribution in [0.1, 0.15) is 30.9 Å². The number of carboxylic acid groups (broad SMARTS) is 1. The number of nitrogens with one attached hydrogen (secondary N) is 1. The summed E-state index contributed by atoms with van der Waals surface area (Å²) >= 11 is 0. The first-order valence-electron chi connectivity index (χ1n) is 5.61. The fourth-order valence-electron chi connectivity index (χ4n) is 2.68. The highest BCUT2D eigenvalue weighted by Crippen LogP contribution is 2.48. The second kappa shape index (κ2) is 4.00. The van der Waals surface area contributed by atoms with Crippen molar-refractivity contribution in [3.8, 4) is 6.07 Å². The van der Waals surface area contributed by atoms with Crippen LogP contribution in [-0.2, 0) is 5.54 Å². The Kier molecular flexibility index (Phi) is 2.76. The van der Waals surface area contributed by atoms with Crippen LogP contribution in [0.4, 0.5) is 4.79 Å². The molecule has 0 unspecified atom stereocenters. The fraction of sp³-hybridized carbons (Fsp3) is 0.385. The Morgan fingerprint density at radius 1 is 1.39 bits per heavy atom. The first-order chi connectivity index (χ1) is 8.37. The van der Waals surface area contributed by atoms with E-state index in [-0.39, 0.29) is 0 Å². The molecule has 1 aromatic rings. The van der Waals surface area contributed by atoms with Crippen molar-refractivity contribution in [2.45, 2.75) is 30.9 Å². The van der Waals surface area contributed by atoms with E-state index in [1.807, 2.05) is 6.07 Å². The molecular formula is C13H14N2O3. The third kappa shape index (κ3) is 2.15. The first-order valence-corrected chi connectivity index (χ1v) is 5.61. The molecule has 3 N–H and O–H groups in total. The molecule has 0 saturated heterocycles. The van der Waals surface area contributed by atoms with Crippen molar-refractivity contribution in [3.63, 3.8) is 0 Å². The van der Waals surface area contributed by atoms with Crippen LogP contribution < -0.4 is 5.32 Å². The smallest absolute Gasteiger partial charge is 0.405 e. The third-order valence-electron chi connectivity index (χ3n) is 3.28. The summed E-state index contributed by atoms with van der Waals surface area (Å²) in [6.07, 6.45) is -0.453. The molecule has 0 aromatic heterocycles. The van der Waals surface area contributed by atoms with Crippen molar-refractivity contribution in [1.29, 1.82) is 5.26 Å². The zero-order valence-electron chi connectivity index (χ0n) is 9.97. The molecule has 2 rings (SSSR count). The fourth-order valence-corrected chi connectivity index (χ4v) is 2.68. The summed E-state index contributed by atoms with van der Waals surface area (Å²) < 4.78 is 0. The number of rotatable bonds is 2. The maximum atomic E-state index is 10.9. The molecule has 1 aromatic carbocycles. The molecule has 0 aliphatic heterocycles. The number of hydrogen-bond acceptors (Lipinski definition) is 3. The van der Waals surface area contributed by atoms with Gasteiger partial charge in [0, 0.05) is 12.8 Å². The number of nitriles is 1. The topological polar surface area (TPSA) is 93.3 Å². The lowest BCUT2D eigenvalue weighted by atomic mass is 9.62. The van der Waals surface area contributed by atoms with Gasteiger partial charge in [0.1, 0.15) is 0 Å². The average molecular weight is 246 g/mol. The molecule has 94 valence electrons. The number of amides is 1. The quantitative estimate of drug-likeness (QED) is 0.738. The van der Waals surface area contributed by atoms with Gasteiger partial charge in [-0.05, 0) is 24.6 Å². The van der Waals surface area contributed by atoms with E-state index in [0.717, 1.165) is 5.56 Å². The van der Waals surface area contributed by atoms with Crippen molar-refractivity contribution in [2.75, 3.05) is 0 Å². The Bertz CT molecular complexity index is 506. The summed E-state index contributed by atoms with van der Waals surface area (Å²) in [5, 5.41) is 29.9. The number of hydrogen-bond donors (Lipinski definition) is 3. The van der Waals surface area contributed by atoms with Crippen LogP contribution in [0.15, 0.2) is 24.3 Å². The molecule has 5 nitrogen and oxygen atoms in total. The normalized spacial score (nSPS) is 30.1. The summed E-state index contributed by atoms with van der Waals surface area (Å²) in [5.74, 6) is 0. The minimum atomic E-state index is -1.12. The van der Waals surface area contributed by atoms with Crippen LogP contribution >= 0.6 is 0 Å². The Hall–Kier alpha value is -2.06. The Morgan fingerprint density at radius 3 is 2.33 bits per heavy atom. The molecule has 0 heterocycles. The molecule has 1 fully saturated rings. The lowest BCUT2D eigenvalue weighted by molar-refractivity contribution is -0.0858. The summed E-state index contributed by atoms with van der Waals surface area (Å²) in [4.78, 5) is 10.9. The van der Waals surface area contributed by atoms with Gasteiger partial charge < -0.3 is 15.5 Å². The van der Waals surface area contributed by atoms with Gasteiger partial charge in [-0.15, -0.1) is 0 Å². The predicted molar refractivity (Wildman–Crippen MR) is 63.9 cm³/mol. The number of aliphatic hydroxyl groups is 1. The van der Waals surface area contributed by atoms with E-state index in [9.17, 15) is 9.90 Å². The van der Waals surface area contributed by atoms with Crippen molar-refractivity contribution in [3.05, 3.63) is 35.4 Å². The number of carbonyl (C=O) groups is 1. The zero-order chi connectivity index (χ0) is 13.4. The summed E-state index contributed by atoms with van der Waals surface area (Å²) in [6, 6.07) is 8.76. The van der Waals surface area contributed by atoms with Crippen molar-refractivity contribution in [1.82, 2.24) is 5.32 Å². The SMILES string of the molecule is CC1(O)CC(NC(=O)O)(c2ccc(C#N)cc2)C1. The van der Waals surface area contributed by atoms with Gasteiger partial charge >= 0.3 is 6.09 Å². The monoisotopic (exact) mass is 246 g/mol. The molecule has 5 heteroatoms. The Morgan fingerprint density at radius 2 is 1.94 bits per heavy atom. The van der Waals surface area contributed by atoms with Crippen LogP contribution in [0, 0.1) is 11.3 Å². The second-order valence-corrected chi connectivity index (χ2v) is 5.05. The van der Waals surface area contributed by atoms with Gasteiger partial charge in [-0.25, -0.2) is 4.79 Å². The van der Waals surface area contributed by atoms with Crippen LogP contribution in [0.2, 0.25) is 0 Å². The number of benzene rings is 1. The van der Waals surface area contributed by atoms with Gasteiger partial charge in [0.2, 0.25) is 0 Å². The number of nitrogens with zero attached hydrogens (tertiary/aromatic N) is 1. The van der Waals surface area contributed by atoms with Crippen molar-refractivity contribution in [2.24, 2.45) is 0 Å². The van der Waals surface area contributed by atoms with E-state index in [0.29, 0.717) is 18.4 Å². The Labute approximate surface area is 105 Å². The van der Waals surface area contributed by atoms with E-state index in [1.54, 1.807) is 31.2 Å². The van der Waals surface area contributed by atoms with E-state index < -0.39 is 17.2 Å². The second-order valence-electron chi connectivity index (χ2n) is 5.05. The highest BCUT2D eigenvalue weighted by molar-refractivity contribution is 5.66. The van der Waals surface area contributed by atoms with E-state index in [4.69, 9.17) is 10.4 Å². The molecule has 1 aliphatic rings. The molecular weight excluding hydrogens is 232 g/mol. The largest absolute Gasteiger partial charge is 0.465 e. The third-order valence-corrected chi connectivity index (χ3v) is 3.28. The van der Waals surface area contributed by atoms with Gasteiger partial charge in [-0.2, -0.15) is 5.26 Å². The summed E-state index contributed by atoms with van der Waals surface area (Å²) in [6.45, 7) is 1.68. The van der Waals surface area contributed by atoms with Gasteiger partial charge in [-0.1, -0.05) is 12.1 Å². The molecule has 1 saturated carbocycles. The van der Waals surface area contributed by atoms with Gasteiger partial charge in [-0.3, -0.25) is 0 Å². The highest BCUT2D eigenvalue weighted by Gasteiger charge is 2.53. The minimum absolute atomic E-state index is 0.332. The van der Waals surface area contributed by atoms with Crippen molar-refractivity contribution >= 4 is 6.09 Å². The molecule has 18 heavy (non-hydrogen) atoms. The van der Waals surface area contributed by atoms with Crippen LogP contribution in [-0.4, -0.2) is 21.9 Å². The van der Waals surface area contributed by atoms with Crippen LogP contribution in [0.3, 0.4) is 0 Å². The van der Waals surface area contributed by atoms with Crippen molar-refractivity contribution < 1.29 is 15.0 Å². The van der Waals surface area contributed by atoms with E-state index in [2.05, 4.69) is 5.32 Å². The van der Waals surface area contributed by atoms with Gasteiger partial charge in [0.25, 0.3) is 0 Å². The minimum Gasteiger partial charge on any atom is -0.465 e. The lowest BCUT2D eigenvalue weighted by Gasteiger charge is -2.51. The maximum absolute atomic E-state index is 10.9. The molecule has 0 bridgehead atoms. The maximum Gasteiger partial charge on any atom is 0.405 e. The average Bonchev–Trinajstić information content (AvgIpc) is 2.25. The first kappa shape index (κ1) is 12.4. The van der Waals surface area contributed by atoms with E-state index in [1.165, 1.54) is 0 Å². The predicted octanol–water partition coefficient (Wildman–Crippen LogP) is 1.57. The van der Waals surface area contributed by atoms with Crippen LogP contribution in [0.5, 0.6) is 0 Å². The van der Waals surface area contributed by atoms with E-state index >= 15 is 0 Å². The highest BCUT2D eigenvalue weighted by atomic mass is 16.4. The van der Waals surface area contributed by atoms with Crippen LogP contribution in [0.25, 0.3) is 0 Å². The molecule has 1 aliphatic carbocycles. The molecule has 0 radical (unpaired) electrons. The van der Waals surface area contributed by atoms with Gasteiger partial charge in [0.15, 0.2) is 0 Å².